The Kier molecular flexibility index (Phi) is 11.0. The number of nitrogens with zero attached hydrogens (tertiary/aromatic N) is 2. The van der Waals surface area contributed by atoms with Crippen LogP contribution < -0.4 is 10.6 Å². The van der Waals surface area contributed by atoms with Gasteiger partial charge in [0.15, 0.2) is 5.96 Å². The van der Waals surface area contributed by atoms with Crippen molar-refractivity contribution in [3.8, 4) is 0 Å². The summed E-state index contributed by atoms with van der Waals surface area (Å²) in [5.74, 6) is 0.553. The topological polar surface area (TPSA) is 66.0 Å². The summed E-state index contributed by atoms with van der Waals surface area (Å²) in [4.78, 5) is 17.8. The summed E-state index contributed by atoms with van der Waals surface area (Å²) in [5.41, 5.74) is 1.06. The monoisotopic (exact) mass is 508 g/mol. The molecule has 0 bridgehead atoms. The Balaban J connectivity index is 0.00000364. The van der Waals surface area contributed by atoms with E-state index in [1.807, 2.05) is 31.2 Å². The van der Waals surface area contributed by atoms with Gasteiger partial charge in [0.05, 0.1) is 12.1 Å². The fourth-order valence-electron chi connectivity index (χ4n) is 2.68. The molecule has 27 heavy (non-hydrogen) atoms. The van der Waals surface area contributed by atoms with E-state index < -0.39 is 0 Å². The van der Waals surface area contributed by atoms with Crippen LogP contribution in [0.1, 0.15) is 37.8 Å². The molecule has 1 saturated heterocycles. The van der Waals surface area contributed by atoms with Gasteiger partial charge in [-0.15, -0.1) is 24.0 Å². The minimum absolute atomic E-state index is 0. The largest absolute Gasteiger partial charge is 0.376 e. The first kappa shape index (κ1) is 24.0. The number of hydrogen-bond acceptors (Lipinski definition) is 3. The molecule has 1 aliphatic heterocycles. The van der Waals surface area contributed by atoms with Crippen LogP contribution in [0.15, 0.2) is 29.3 Å². The van der Waals surface area contributed by atoms with Crippen LogP contribution in [0.5, 0.6) is 0 Å². The number of benzene rings is 1. The minimum Gasteiger partial charge on any atom is -0.376 e. The van der Waals surface area contributed by atoms with Gasteiger partial charge in [0.25, 0.3) is 0 Å². The predicted molar refractivity (Wildman–Crippen MR) is 121 cm³/mol. The first-order chi connectivity index (χ1) is 12.5. The van der Waals surface area contributed by atoms with Crippen LogP contribution in [-0.2, 0) is 9.53 Å². The summed E-state index contributed by atoms with van der Waals surface area (Å²) in [5, 5.41) is 7.35. The first-order valence-electron chi connectivity index (χ1n) is 9.08. The molecule has 6 nitrogen and oxygen atoms in total. The Morgan fingerprint density at radius 3 is 2.81 bits per heavy atom. The van der Waals surface area contributed by atoms with Crippen molar-refractivity contribution in [1.82, 2.24) is 15.5 Å². The van der Waals surface area contributed by atoms with Crippen molar-refractivity contribution in [2.24, 2.45) is 4.99 Å². The Bertz CT molecular complexity index is 621. The van der Waals surface area contributed by atoms with Crippen LogP contribution in [0, 0.1) is 0 Å². The number of ether oxygens (including phenoxy) is 1. The molecule has 2 unspecified atom stereocenters. The smallest absolute Gasteiger partial charge is 0.243 e. The maximum atomic E-state index is 11.9. The van der Waals surface area contributed by atoms with Gasteiger partial charge in [-0.25, -0.2) is 4.99 Å². The number of halogens is 2. The molecule has 2 atom stereocenters. The van der Waals surface area contributed by atoms with Crippen molar-refractivity contribution in [2.75, 3.05) is 33.8 Å². The molecule has 1 heterocycles. The van der Waals surface area contributed by atoms with Gasteiger partial charge in [-0.1, -0.05) is 23.7 Å². The third kappa shape index (κ3) is 8.66. The molecule has 1 fully saturated rings. The van der Waals surface area contributed by atoms with E-state index in [0.29, 0.717) is 17.5 Å². The number of carbonyl (C=O) groups is 1. The van der Waals surface area contributed by atoms with E-state index in [4.69, 9.17) is 16.3 Å². The second-order valence-corrected chi connectivity index (χ2v) is 7.18. The van der Waals surface area contributed by atoms with Gasteiger partial charge in [0.2, 0.25) is 5.91 Å². The van der Waals surface area contributed by atoms with Crippen molar-refractivity contribution in [1.29, 1.82) is 0 Å². The lowest BCUT2D eigenvalue weighted by Gasteiger charge is -2.25. The lowest BCUT2D eigenvalue weighted by Crippen LogP contribution is -2.44. The van der Waals surface area contributed by atoms with Crippen LogP contribution >= 0.6 is 35.6 Å². The van der Waals surface area contributed by atoms with E-state index in [2.05, 4.69) is 15.6 Å². The SMILES string of the molecule is CC(NC(=NCC(=O)N(C)C)NCC1CCCCO1)c1cccc(Cl)c1.I. The zero-order valence-electron chi connectivity index (χ0n) is 16.2. The van der Waals surface area contributed by atoms with E-state index in [1.165, 1.54) is 11.3 Å². The number of amides is 1. The van der Waals surface area contributed by atoms with Gasteiger partial charge in [0.1, 0.15) is 6.54 Å². The molecule has 2 N–H and O–H groups in total. The summed E-state index contributed by atoms with van der Waals surface area (Å²) in [6.07, 6.45) is 3.53. The highest BCUT2D eigenvalue weighted by atomic mass is 127. The molecule has 1 aromatic carbocycles. The molecule has 152 valence electrons. The molecule has 1 amide bonds. The quantitative estimate of drug-likeness (QED) is 0.352. The van der Waals surface area contributed by atoms with Gasteiger partial charge in [-0.05, 0) is 43.9 Å². The maximum absolute atomic E-state index is 11.9. The summed E-state index contributed by atoms with van der Waals surface area (Å²) < 4.78 is 5.76. The molecule has 0 saturated carbocycles. The molecule has 0 spiro atoms. The summed E-state index contributed by atoms with van der Waals surface area (Å²) in [6, 6.07) is 7.71. The molecule has 0 aromatic heterocycles. The molecule has 8 heteroatoms. The first-order valence-corrected chi connectivity index (χ1v) is 9.45. The zero-order chi connectivity index (χ0) is 18.9. The van der Waals surface area contributed by atoms with E-state index in [-0.39, 0.29) is 48.6 Å². The highest BCUT2D eigenvalue weighted by Gasteiger charge is 2.16. The van der Waals surface area contributed by atoms with E-state index >= 15 is 0 Å². The average molecular weight is 509 g/mol. The van der Waals surface area contributed by atoms with E-state index in [9.17, 15) is 4.79 Å². The van der Waals surface area contributed by atoms with Gasteiger partial charge in [0, 0.05) is 32.3 Å². The molecule has 2 rings (SSSR count). The number of nitrogens with one attached hydrogen (secondary N) is 2. The normalized spacial score (nSPS) is 18.2. The third-order valence-electron chi connectivity index (χ3n) is 4.34. The second-order valence-electron chi connectivity index (χ2n) is 6.74. The van der Waals surface area contributed by atoms with Crippen molar-refractivity contribution < 1.29 is 9.53 Å². The maximum Gasteiger partial charge on any atom is 0.243 e. The number of carbonyl (C=O) groups excluding carboxylic acids is 1. The predicted octanol–water partition coefficient (Wildman–Crippen LogP) is 3.21. The van der Waals surface area contributed by atoms with Crippen LogP contribution in [-0.4, -0.2) is 56.7 Å². The fourth-order valence-corrected chi connectivity index (χ4v) is 2.88. The number of likely N-dealkylation sites (N-methyl/N-ethyl adjacent to an activating group) is 1. The van der Waals surface area contributed by atoms with E-state index in [1.54, 1.807) is 14.1 Å². The van der Waals surface area contributed by atoms with Crippen molar-refractivity contribution >= 4 is 47.4 Å². The summed E-state index contributed by atoms with van der Waals surface area (Å²) in [7, 11) is 3.45. The Hall–Kier alpha value is -1.06. The zero-order valence-corrected chi connectivity index (χ0v) is 19.3. The molecule has 0 aliphatic carbocycles. The second kappa shape index (κ2) is 12.4. The lowest BCUT2D eigenvalue weighted by atomic mass is 10.1. The van der Waals surface area contributed by atoms with Gasteiger partial charge < -0.3 is 20.3 Å². The number of rotatable bonds is 6. The highest BCUT2D eigenvalue weighted by molar-refractivity contribution is 14.0. The highest BCUT2D eigenvalue weighted by Crippen LogP contribution is 2.17. The minimum atomic E-state index is -0.0459. The van der Waals surface area contributed by atoms with Gasteiger partial charge >= 0.3 is 0 Å². The van der Waals surface area contributed by atoms with Crippen LogP contribution in [0.4, 0.5) is 0 Å². The lowest BCUT2D eigenvalue weighted by molar-refractivity contribution is -0.127. The molecular formula is C19H30ClIN4O2. The molecule has 0 radical (unpaired) electrons. The van der Waals surface area contributed by atoms with Crippen molar-refractivity contribution in [3.63, 3.8) is 0 Å². The molecule has 1 aliphatic rings. The van der Waals surface area contributed by atoms with Crippen molar-refractivity contribution in [3.05, 3.63) is 34.9 Å². The van der Waals surface area contributed by atoms with Crippen LogP contribution in [0.3, 0.4) is 0 Å². The average Bonchev–Trinajstić information content (AvgIpc) is 2.64. The summed E-state index contributed by atoms with van der Waals surface area (Å²) >= 11 is 6.09. The number of guanidine groups is 1. The Morgan fingerprint density at radius 1 is 1.41 bits per heavy atom. The van der Waals surface area contributed by atoms with Gasteiger partial charge in [-0.2, -0.15) is 0 Å². The number of aliphatic imine (C=N–C) groups is 1. The van der Waals surface area contributed by atoms with Crippen LogP contribution in [0.2, 0.25) is 5.02 Å². The molecular weight excluding hydrogens is 479 g/mol. The number of hydrogen-bond donors (Lipinski definition) is 2. The Morgan fingerprint density at radius 2 is 2.19 bits per heavy atom. The standard InChI is InChI=1S/C19H29ClN4O2.HI/c1-14(15-7-6-8-16(20)11-15)23-19(22-13-18(25)24(2)3)21-12-17-9-4-5-10-26-17;/h6-8,11,14,17H,4-5,9-10,12-13H2,1-3H3,(H2,21,22,23);1H. The van der Waals surface area contributed by atoms with Gasteiger partial charge in [-0.3, -0.25) is 4.79 Å². The van der Waals surface area contributed by atoms with E-state index in [0.717, 1.165) is 25.0 Å². The Labute approximate surface area is 184 Å². The van der Waals surface area contributed by atoms with Crippen LogP contribution in [0.25, 0.3) is 0 Å². The molecule has 1 aromatic rings. The fraction of sp³-hybridized carbons (Fsp3) is 0.579. The van der Waals surface area contributed by atoms with Crippen molar-refractivity contribution in [2.45, 2.75) is 38.3 Å². The summed E-state index contributed by atoms with van der Waals surface area (Å²) in [6.45, 7) is 3.61. The third-order valence-corrected chi connectivity index (χ3v) is 4.58.